The zero-order valence-corrected chi connectivity index (χ0v) is 15.0. The van der Waals surface area contributed by atoms with Gasteiger partial charge in [-0.1, -0.05) is 0 Å². The van der Waals surface area contributed by atoms with Crippen LogP contribution in [0.2, 0.25) is 0 Å². The predicted molar refractivity (Wildman–Crippen MR) is 101 cm³/mol. The highest BCUT2D eigenvalue weighted by atomic mass is 16.5. The molecule has 2 aromatic rings. The smallest absolute Gasteiger partial charge is 0.276 e. The van der Waals surface area contributed by atoms with Crippen molar-refractivity contribution in [2.75, 3.05) is 37.0 Å². The number of ether oxygens (including phenoxy) is 1. The van der Waals surface area contributed by atoms with E-state index >= 15 is 0 Å². The molecule has 1 aliphatic rings. The maximum Gasteiger partial charge on any atom is 0.276 e. The quantitative estimate of drug-likeness (QED) is 0.858. The van der Waals surface area contributed by atoms with Crippen LogP contribution in [0.5, 0.6) is 0 Å². The monoisotopic (exact) mass is 356 g/mol. The molecule has 0 spiro atoms. The SMILES string of the molecule is COCCn1nc(C(=O)Nc2ccc(N3CCCCC3)cc2)ccc1=O. The molecule has 0 radical (unpaired) electrons. The van der Waals surface area contributed by atoms with Gasteiger partial charge in [-0.3, -0.25) is 9.59 Å². The molecule has 0 unspecified atom stereocenters. The Morgan fingerprint density at radius 1 is 1.12 bits per heavy atom. The summed E-state index contributed by atoms with van der Waals surface area (Å²) in [6, 6.07) is 10.6. The first-order chi connectivity index (χ1) is 12.7. The number of hydrogen-bond donors (Lipinski definition) is 1. The highest BCUT2D eigenvalue weighted by molar-refractivity contribution is 6.02. The van der Waals surface area contributed by atoms with E-state index in [4.69, 9.17) is 4.74 Å². The van der Waals surface area contributed by atoms with Crippen LogP contribution >= 0.6 is 0 Å². The minimum Gasteiger partial charge on any atom is -0.383 e. The number of hydrogen-bond acceptors (Lipinski definition) is 5. The van der Waals surface area contributed by atoms with Crippen LogP contribution in [-0.4, -0.2) is 42.5 Å². The molecule has 1 N–H and O–H groups in total. The summed E-state index contributed by atoms with van der Waals surface area (Å²) in [5.74, 6) is -0.345. The number of anilines is 2. The van der Waals surface area contributed by atoms with Gasteiger partial charge in [0.2, 0.25) is 0 Å². The van der Waals surface area contributed by atoms with Gasteiger partial charge in [-0.25, -0.2) is 4.68 Å². The topological polar surface area (TPSA) is 76.5 Å². The maximum atomic E-state index is 12.4. The summed E-state index contributed by atoms with van der Waals surface area (Å²) in [5.41, 5.74) is 1.81. The molecule has 1 aromatic carbocycles. The van der Waals surface area contributed by atoms with Crippen LogP contribution in [0.3, 0.4) is 0 Å². The van der Waals surface area contributed by atoms with Crippen molar-refractivity contribution in [2.24, 2.45) is 0 Å². The first-order valence-corrected chi connectivity index (χ1v) is 8.91. The lowest BCUT2D eigenvalue weighted by Gasteiger charge is -2.28. The fraction of sp³-hybridized carbons (Fsp3) is 0.421. The number of methoxy groups -OCH3 is 1. The summed E-state index contributed by atoms with van der Waals surface area (Å²) < 4.78 is 6.19. The number of carbonyl (C=O) groups excluding carboxylic acids is 1. The number of carbonyl (C=O) groups is 1. The molecule has 7 heteroatoms. The van der Waals surface area contributed by atoms with Gasteiger partial charge < -0.3 is 15.0 Å². The lowest BCUT2D eigenvalue weighted by Crippen LogP contribution is -2.29. The summed E-state index contributed by atoms with van der Waals surface area (Å²) in [6.07, 6.45) is 3.75. The van der Waals surface area contributed by atoms with E-state index in [1.165, 1.54) is 41.8 Å². The maximum absolute atomic E-state index is 12.4. The third-order valence-electron chi connectivity index (χ3n) is 4.45. The van der Waals surface area contributed by atoms with Crippen molar-refractivity contribution in [3.63, 3.8) is 0 Å². The molecule has 26 heavy (non-hydrogen) atoms. The number of piperidine rings is 1. The van der Waals surface area contributed by atoms with E-state index in [2.05, 4.69) is 15.3 Å². The van der Waals surface area contributed by atoms with Crippen LogP contribution in [0.4, 0.5) is 11.4 Å². The largest absolute Gasteiger partial charge is 0.383 e. The molecule has 3 rings (SSSR count). The molecule has 1 saturated heterocycles. The highest BCUT2D eigenvalue weighted by Crippen LogP contribution is 2.21. The van der Waals surface area contributed by atoms with Gasteiger partial charge in [0.15, 0.2) is 0 Å². The first-order valence-electron chi connectivity index (χ1n) is 8.91. The number of aromatic nitrogens is 2. The summed E-state index contributed by atoms with van der Waals surface area (Å²) in [5, 5.41) is 6.93. The van der Waals surface area contributed by atoms with Gasteiger partial charge in [0.05, 0.1) is 13.2 Å². The van der Waals surface area contributed by atoms with E-state index in [0.717, 1.165) is 13.1 Å². The zero-order valence-electron chi connectivity index (χ0n) is 15.0. The standard InChI is InChI=1S/C19H24N4O3/c1-26-14-13-23-18(24)10-9-17(21-23)19(25)20-15-5-7-16(8-6-15)22-11-3-2-4-12-22/h5-10H,2-4,11-14H2,1H3,(H,20,25). The summed E-state index contributed by atoms with van der Waals surface area (Å²) in [6.45, 7) is 2.83. The lowest BCUT2D eigenvalue weighted by molar-refractivity contribution is 0.101. The van der Waals surface area contributed by atoms with Gasteiger partial charge in [0.1, 0.15) is 5.69 Å². The third-order valence-corrected chi connectivity index (χ3v) is 4.45. The van der Waals surface area contributed by atoms with E-state index < -0.39 is 0 Å². The summed E-state index contributed by atoms with van der Waals surface area (Å²) in [7, 11) is 1.55. The van der Waals surface area contributed by atoms with Gasteiger partial charge in [-0.2, -0.15) is 5.10 Å². The van der Waals surface area contributed by atoms with Gasteiger partial charge in [0, 0.05) is 37.6 Å². The van der Waals surface area contributed by atoms with Crippen LogP contribution in [0.25, 0.3) is 0 Å². The van der Waals surface area contributed by atoms with Crippen LogP contribution in [0.1, 0.15) is 29.8 Å². The van der Waals surface area contributed by atoms with Crippen molar-refractivity contribution in [2.45, 2.75) is 25.8 Å². The van der Waals surface area contributed by atoms with E-state index in [1.54, 1.807) is 7.11 Å². The molecule has 0 atom stereocenters. The van der Waals surface area contributed by atoms with Gasteiger partial charge >= 0.3 is 0 Å². The number of benzene rings is 1. The molecule has 1 amide bonds. The zero-order chi connectivity index (χ0) is 18.4. The van der Waals surface area contributed by atoms with Crippen LogP contribution in [0.15, 0.2) is 41.2 Å². The average molecular weight is 356 g/mol. The van der Waals surface area contributed by atoms with Crippen molar-refractivity contribution in [3.05, 3.63) is 52.4 Å². The van der Waals surface area contributed by atoms with E-state index in [1.807, 2.05) is 24.3 Å². The number of rotatable bonds is 6. The molecule has 0 aliphatic carbocycles. The van der Waals surface area contributed by atoms with E-state index in [9.17, 15) is 9.59 Å². The van der Waals surface area contributed by atoms with Crippen molar-refractivity contribution in [3.8, 4) is 0 Å². The Morgan fingerprint density at radius 2 is 1.85 bits per heavy atom. The minimum absolute atomic E-state index is 0.195. The fourth-order valence-electron chi connectivity index (χ4n) is 3.01. The number of nitrogens with zero attached hydrogens (tertiary/aromatic N) is 3. The Morgan fingerprint density at radius 3 is 2.54 bits per heavy atom. The Kier molecular flexibility index (Phi) is 6.01. The minimum atomic E-state index is -0.345. The first kappa shape index (κ1) is 18.1. The second kappa shape index (κ2) is 8.62. The molecule has 138 valence electrons. The van der Waals surface area contributed by atoms with Crippen LogP contribution in [-0.2, 0) is 11.3 Å². The molecule has 1 aromatic heterocycles. The number of nitrogens with one attached hydrogen (secondary N) is 1. The Balaban J connectivity index is 1.66. The van der Waals surface area contributed by atoms with Crippen LogP contribution < -0.4 is 15.8 Å². The van der Waals surface area contributed by atoms with Gasteiger partial charge in [-0.15, -0.1) is 0 Å². The lowest BCUT2D eigenvalue weighted by atomic mass is 10.1. The normalized spacial score (nSPS) is 14.3. The van der Waals surface area contributed by atoms with Crippen molar-refractivity contribution >= 4 is 17.3 Å². The second-order valence-electron chi connectivity index (χ2n) is 6.32. The Bertz CT molecular complexity index is 795. The van der Waals surface area contributed by atoms with Gasteiger partial charge in [-0.05, 0) is 49.6 Å². The van der Waals surface area contributed by atoms with Crippen LogP contribution in [0, 0.1) is 0 Å². The summed E-state index contributed by atoms with van der Waals surface area (Å²) >= 11 is 0. The molecular weight excluding hydrogens is 332 g/mol. The Hall–Kier alpha value is -2.67. The van der Waals surface area contributed by atoms with Gasteiger partial charge in [0.25, 0.3) is 11.5 Å². The van der Waals surface area contributed by atoms with E-state index in [-0.39, 0.29) is 17.2 Å². The Labute approximate surface area is 152 Å². The molecule has 1 fully saturated rings. The van der Waals surface area contributed by atoms with Crippen molar-refractivity contribution < 1.29 is 9.53 Å². The third kappa shape index (κ3) is 4.49. The summed E-state index contributed by atoms with van der Waals surface area (Å²) in [4.78, 5) is 26.5. The predicted octanol–water partition coefficient (Wildman–Crippen LogP) is 2.13. The molecule has 1 aliphatic heterocycles. The van der Waals surface area contributed by atoms with E-state index in [0.29, 0.717) is 18.8 Å². The van der Waals surface area contributed by atoms with Crippen molar-refractivity contribution in [1.29, 1.82) is 0 Å². The average Bonchev–Trinajstić information content (AvgIpc) is 2.68. The highest BCUT2D eigenvalue weighted by Gasteiger charge is 2.12. The molecule has 7 nitrogen and oxygen atoms in total. The molecule has 0 saturated carbocycles. The number of amides is 1. The molecule has 0 bridgehead atoms. The fourth-order valence-corrected chi connectivity index (χ4v) is 3.01. The molecule has 2 heterocycles. The van der Waals surface area contributed by atoms with Crippen molar-refractivity contribution in [1.82, 2.24) is 9.78 Å². The second-order valence-corrected chi connectivity index (χ2v) is 6.32. The molecular formula is C19H24N4O3.